The molecule has 0 saturated carbocycles. The lowest BCUT2D eigenvalue weighted by Gasteiger charge is -2.18. The highest BCUT2D eigenvalue weighted by molar-refractivity contribution is 5.87. The van der Waals surface area contributed by atoms with E-state index in [1.165, 1.54) is 0 Å². The quantitative estimate of drug-likeness (QED) is 0.0293. The van der Waals surface area contributed by atoms with Gasteiger partial charge in [0.05, 0.1) is 13.2 Å². The van der Waals surface area contributed by atoms with Crippen LogP contribution < -0.4 is 10.6 Å². The van der Waals surface area contributed by atoms with Crippen molar-refractivity contribution in [3.05, 3.63) is 85.1 Å². The molecule has 298 valence electrons. The maximum absolute atomic E-state index is 12.6. The van der Waals surface area contributed by atoms with Crippen LogP contribution in [-0.4, -0.2) is 59.3 Å². The monoisotopic (exact) mass is 739 g/mol. The highest BCUT2D eigenvalue weighted by Gasteiger charge is 2.19. The molecule has 2 unspecified atom stereocenters. The van der Waals surface area contributed by atoms with E-state index in [1.807, 2.05) is 0 Å². The molecular weight excluding hydrogens is 668 g/mol. The van der Waals surface area contributed by atoms with Crippen LogP contribution >= 0.6 is 0 Å². The average molecular weight is 739 g/mol. The van der Waals surface area contributed by atoms with Crippen molar-refractivity contribution in [2.75, 3.05) is 13.2 Å². The first-order valence-electron chi connectivity index (χ1n) is 20.0. The summed E-state index contributed by atoms with van der Waals surface area (Å²) in [5.74, 6) is -2.48. The second-order valence-electron chi connectivity index (χ2n) is 13.0. The van der Waals surface area contributed by atoms with Crippen LogP contribution in [0.5, 0.6) is 0 Å². The van der Waals surface area contributed by atoms with Crippen molar-refractivity contribution in [2.45, 2.75) is 154 Å². The van der Waals surface area contributed by atoms with E-state index in [0.717, 1.165) is 109 Å². The summed E-state index contributed by atoms with van der Waals surface area (Å²) in [5, 5.41) is 22.5. The van der Waals surface area contributed by atoms with Crippen molar-refractivity contribution in [1.29, 1.82) is 0 Å². The van der Waals surface area contributed by atoms with Gasteiger partial charge in [0.25, 0.3) is 0 Å². The van der Waals surface area contributed by atoms with Crippen LogP contribution in [0.15, 0.2) is 85.1 Å². The van der Waals surface area contributed by atoms with E-state index in [1.54, 1.807) is 0 Å². The number of aliphatic carboxylic acids is 1. The third-order valence-electron chi connectivity index (χ3n) is 8.16. The van der Waals surface area contributed by atoms with E-state index in [-0.39, 0.29) is 30.9 Å². The number of hydrogen-bond acceptors (Lipinski definition) is 6. The minimum Gasteiger partial charge on any atom is -0.480 e. The van der Waals surface area contributed by atoms with Gasteiger partial charge < -0.3 is 25.6 Å². The third-order valence-corrected chi connectivity index (χ3v) is 8.16. The summed E-state index contributed by atoms with van der Waals surface area (Å²) < 4.78 is 5.86. The van der Waals surface area contributed by atoms with Gasteiger partial charge in [-0.05, 0) is 89.9 Å². The summed E-state index contributed by atoms with van der Waals surface area (Å²) in [6, 6.07) is -1.40. The summed E-state index contributed by atoms with van der Waals surface area (Å²) in [5.41, 5.74) is 0. The van der Waals surface area contributed by atoms with Gasteiger partial charge in [-0.15, -0.1) is 0 Å². The molecule has 0 radical (unpaired) electrons. The number of esters is 1. The third kappa shape index (κ3) is 34.9. The summed E-state index contributed by atoms with van der Waals surface area (Å²) in [6.45, 7) is 3.24. The molecule has 2 atom stereocenters. The number of carbonyl (C=O) groups excluding carboxylic acids is 3. The molecule has 0 aliphatic carbocycles. The largest absolute Gasteiger partial charge is 0.480 e. The molecule has 0 aromatic rings. The lowest BCUT2D eigenvalue weighted by molar-refractivity contribution is -0.150. The Balaban J connectivity index is 4.14. The average Bonchev–Trinajstić information content (AvgIpc) is 3.14. The Labute approximate surface area is 320 Å². The predicted molar refractivity (Wildman–Crippen MR) is 217 cm³/mol. The number of aliphatic hydroxyl groups excluding tert-OH is 1. The first-order chi connectivity index (χ1) is 25.8. The molecule has 0 saturated heterocycles. The number of aliphatic hydroxyl groups is 1. The van der Waals surface area contributed by atoms with Crippen LogP contribution in [0.1, 0.15) is 142 Å². The summed E-state index contributed by atoms with van der Waals surface area (Å²) >= 11 is 0. The number of unbranched alkanes of at least 4 members (excludes halogenated alkanes) is 6. The van der Waals surface area contributed by atoms with Crippen LogP contribution in [0.3, 0.4) is 0 Å². The van der Waals surface area contributed by atoms with Gasteiger partial charge >= 0.3 is 11.9 Å². The molecule has 0 aromatic carbocycles. The fraction of sp³-hybridized carbons (Fsp3) is 0.591. The van der Waals surface area contributed by atoms with Crippen molar-refractivity contribution in [2.24, 2.45) is 0 Å². The Morgan fingerprint density at radius 1 is 0.585 bits per heavy atom. The zero-order valence-corrected chi connectivity index (χ0v) is 32.7. The van der Waals surface area contributed by atoms with E-state index in [9.17, 15) is 19.2 Å². The van der Waals surface area contributed by atoms with Gasteiger partial charge in [0, 0.05) is 12.8 Å². The second kappa shape index (κ2) is 37.8. The number of carbonyl (C=O) groups is 4. The van der Waals surface area contributed by atoms with Crippen LogP contribution in [0.4, 0.5) is 0 Å². The molecule has 0 rings (SSSR count). The Morgan fingerprint density at radius 3 is 1.55 bits per heavy atom. The van der Waals surface area contributed by atoms with Gasteiger partial charge in [0.1, 0.15) is 12.1 Å². The molecular formula is C44H70N2O7. The molecule has 0 fully saturated rings. The Hall–Kier alpha value is -3.98. The van der Waals surface area contributed by atoms with Crippen molar-refractivity contribution < 1.29 is 34.1 Å². The molecule has 9 nitrogen and oxygen atoms in total. The molecule has 0 aromatic heterocycles. The van der Waals surface area contributed by atoms with Crippen molar-refractivity contribution in [3.63, 3.8) is 0 Å². The molecule has 9 heteroatoms. The smallest absolute Gasteiger partial charge is 0.328 e. The number of nitrogens with one attached hydrogen (secondary N) is 2. The van der Waals surface area contributed by atoms with Gasteiger partial charge in [-0.2, -0.15) is 0 Å². The van der Waals surface area contributed by atoms with Crippen molar-refractivity contribution in [1.82, 2.24) is 10.6 Å². The van der Waals surface area contributed by atoms with Crippen LogP contribution in [0.2, 0.25) is 0 Å². The van der Waals surface area contributed by atoms with Crippen LogP contribution in [0.25, 0.3) is 0 Å². The van der Waals surface area contributed by atoms with Gasteiger partial charge in [-0.1, -0.05) is 125 Å². The van der Waals surface area contributed by atoms with Gasteiger partial charge in [-0.3, -0.25) is 14.4 Å². The van der Waals surface area contributed by atoms with Crippen molar-refractivity contribution in [3.8, 4) is 0 Å². The fourth-order valence-corrected chi connectivity index (χ4v) is 5.11. The normalized spacial score (nSPS) is 13.4. The zero-order valence-electron chi connectivity index (χ0n) is 32.7. The number of amides is 2. The highest BCUT2D eigenvalue weighted by Crippen LogP contribution is 2.17. The minimum atomic E-state index is -1.40. The summed E-state index contributed by atoms with van der Waals surface area (Å²) in [7, 11) is 0. The number of ether oxygens (including phenoxy) is 1. The first-order valence-corrected chi connectivity index (χ1v) is 20.0. The first kappa shape index (κ1) is 49.0. The second-order valence-corrected chi connectivity index (χ2v) is 13.0. The van der Waals surface area contributed by atoms with Gasteiger partial charge in [0.15, 0.2) is 0 Å². The molecule has 2 amide bonds. The van der Waals surface area contributed by atoms with Crippen LogP contribution in [0, 0.1) is 0 Å². The lowest BCUT2D eigenvalue weighted by Crippen LogP contribution is -2.47. The number of hydrogen-bond donors (Lipinski definition) is 4. The van der Waals surface area contributed by atoms with E-state index in [4.69, 9.17) is 14.9 Å². The standard InChI is InChI=1S/C44H70N2O7/c1-3-5-7-9-10-11-12-13-14-15-16-17-18-19-20-21-22-23-24-25-26-27-32-36-43(50)53-39(33-29-8-6-4-2)34-30-28-31-35-41(48)45-37-42(49)46-40(38-47)44(51)52/h5,7,10-11,13-14,16-17,19-20,22-23,25-26,39-40,47H,3-4,6,8-9,12,15,18,21,24,27-38H2,1-2H3,(H,45,48)(H,46,49)(H,51,52)/b7-5-,11-10-,14-13-,17-16-,20-19-,23-22-,26-25-. The van der Waals surface area contributed by atoms with E-state index in [2.05, 4.69) is 110 Å². The van der Waals surface area contributed by atoms with E-state index in [0.29, 0.717) is 12.8 Å². The summed E-state index contributed by atoms with van der Waals surface area (Å²) in [6.07, 6.45) is 47.8. The van der Waals surface area contributed by atoms with E-state index < -0.39 is 24.5 Å². The predicted octanol–water partition coefficient (Wildman–Crippen LogP) is 9.31. The van der Waals surface area contributed by atoms with Crippen molar-refractivity contribution >= 4 is 23.8 Å². The Kier molecular flexibility index (Phi) is 34.9. The molecule has 0 spiro atoms. The van der Waals surface area contributed by atoms with Gasteiger partial charge in [0.2, 0.25) is 11.8 Å². The lowest BCUT2D eigenvalue weighted by atomic mass is 10.0. The topological polar surface area (TPSA) is 142 Å². The number of carboxylic acids is 1. The highest BCUT2D eigenvalue weighted by atomic mass is 16.5. The summed E-state index contributed by atoms with van der Waals surface area (Å²) in [4.78, 5) is 47.3. The van der Waals surface area contributed by atoms with Crippen LogP contribution in [-0.2, 0) is 23.9 Å². The minimum absolute atomic E-state index is 0.116. The fourth-order valence-electron chi connectivity index (χ4n) is 5.11. The molecule has 0 heterocycles. The maximum Gasteiger partial charge on any atom is 0.328 e. The Morgan fingerprint density at radius 2 is 1.08 bits per heavy atom. The molecule has 0 aliphatic heterocycles. The zero-order chi connectivity index (χ0) is 39.0. The number of rotatable bonds is 34. The molecule has 4 N–H and O–H groups in total. The van der Waals surface area contributed by atoms with Gasteiger partial charge in [-0.25, -0.2) is 4.79 Å². The molecule has 53 heavy (non-hydrogen) atoms. The maximum atomic E-state index is 12.6. The molecule has 0 bridgehead atoms. The SMILES string of the molecule is CC/C=C\C/C=C\C/C=C\C/C=C\C/C=C\C/C=C\C/C=C\CCCC(=O)OC(CCCCCC)CCCCCC(=O)NCC(=O)NC(CO)C(=O)O. The Bertz CT molecular complexity index is 1170. The number of allylic oxidation sites excluding steroid dienone is 14. The molecule has 0 aliphatic rings. The van der Waals surface area contributed by atoms with E-state index >= 15 is 0 Å². The number of carboxylic acid groups (broad SMARTS) is 1.